The summed E-state index contributed by atoms with van der Waals surface area (Å²) in [5.41, 5.74) is 8.06. The van der Waals surface area contributed by atoms with Crippen LogP contribution in [0.15, 0.2) is 113 Å². The summed E-state index contributed by atoms with van der Waals surface area (Å²) < 4.78 is 97.8. The minimum absolute atomic E-state index is 0.0666. The van der Waals surface area contributed by atoms with Gasteiger partial charge in [0.15, 0.2) is 0 Å². The van der Waals surface area contributed by atoms with Crippen molar-refractivity contribution in [3.8, 4) is 0 Å². The smallest absolute Gasteiger partial charge is 0.390 e. The summed E-state index contributed by atoms with van der Waals surface area (Å²) in [5, 5.41) is 13.4. The lowest BCUT2D eigenvalue weighted by Crippen LogP contribution is -2.48. The summed E-state index contributed by atoms with van der Waals surface area (Å²) in [5.74, 6) is 0. The van der Waals surface area contributed by atoms with Gasteiger partial charge >= 0.3 is 6.18 Å². The molecular weight excluding hydrogens is 670 g/mol. The first-order chi connectivity index (χ1) is 22.1. The summed E-state index contributed by atoms with van der Waals surface area (Å²) in [6.07, 6.45) is -4.68. The van der Waals surface area contributed by atoms with Crippen molar-refractivity contribution in [2.24, 2.45) is 5.73 Å². The zero-order chi connectivity index (χ0) is 36.3. The van der Waals surface area contributed by atoms with Crippen molar-refractivity contribution < 1.29 is 44.2 Å². The molecule has 14 heteroatoms. The molecule has 6 N–H and O–H groups in total. The van der Waals surface area contributed by atoms with Gasteiger partial charge in [0, 0.05) is 18.1 Å². The van der Waals surface area contributed by atoms with E-state index in [1.165, 1.54) is 30.3 Å². The van der Waals surface area contributed by atoms with Crippen molar-refractivity contribution in [1.82, 2.24) is 5.32 Å². The standard InChI is InChI=1S/C20H25F3N2O.2C7H8O3S/c1-19(2,15-9-6-10-16(12-15)20(21,22)23)25-13-18(26)17(24)11-14-7-4-3-5-8-14;2*1-6-2-4-7(5-3-6)11(8,9)10/h3-10,12,17-18,25-26H,11,13,24H2,1-2H3;2*2-5H,1H3,(H,8,9,10)/t17-,18+;;/m0../s1. The predicted molar refractivity (Wildman–Crippen MR) is 179 cm³/mol. The second-order valence-corrected chi connectivity index (χ2v) is 14.4. The Labute approximate surface area is 280 Å². The molecule has 0 aliphatic heterocycles. The lowest BCUT2D eigenvalue weighted by Gasteiger charge is -2.30. The van der Waals surface area contributed by atoms with Crippen LogP contribution in [0.2, 0.25) is 0 Å². The number of aliphatic hydroxyl groups excluding tert-OH is 1. The molecule has 0 unspecified atom stereocenters. The van der Waals surface area contributed by atoms with Gasteiger partial charge in [0.1, 0.15) is 0 Å². The number of nitrogens with one attached hydrogen (secondary N) is 1. The maximum Gasteiger partial charge on any atom is 0.416 e. The molecule has 0 aliphatic carbocycles. The van der Waals surface area contributed by atoms with Crippen LogP contribution >= 0.6 is 0 Å². The molecule has 0 heterocycles. The van der Waals surface area contributed by atoms with Crippen LogP contribution in [-0.2, 0) is 38.4 Å². The lowest BCUT2D eigenvalue weighted by molar-refractivity contribution is -0.137. The van der Waals surface area contributed by atoms with E-state index in [1.54, 1.807) is 44.2 Å². The number of alkyl halides is 3. The van der Waals surface area contributed by atoms with Crippen LogP contribution < -0.4 is 11.1 Å². The van der Waals surface area contributed by atoms with Gasteiger partial charge in [0.2, 0.25) is 0 Å². The van der Waals surface area contributed by atoms with E-state index in [2.05, 4.69) is 5.32 Å². The molecule has 48 heavy (non-hydrogen) atoms. The van der Waals surface area contributed by atoms with Crippen molar-refractivity contribution in [1.29, 1.82) is 0 Å². The van der Waals surface area contributed by atoms with Crippen LogP contribution in [0.3, 0.4) is 0 Å². The number of aliphatic hydroxyl groups is 1. The molecule has 9 nitrogen and oxygen atoms in total. The first-order valence-corrected chi connectivity index (χ1v) is 17.5. The van der Waals surface area contributed by atoms with Crippen molar-refractivity contribution >= 4 is 20.2 Å². The zero-order valence-corrected chi connectivity index (χ0v) is 28.5. The Hall–Kier alpha value is -3.63. The fourth-order valence-electron chi connectivity index (χ4n) is 4.14. The van der Waals surface area contributed by atoms with E-state index < -0.39 is 49.7 Å². The molecule has 0 spiro atoms. The van der Waals surface area contributed by atoms with Gasteiger partial charge < -0.3 is 16.2 Å². The van der Waals surface area contributed by atoms with E-state index in [-0.39, 0.29) is 16.3 Å². The summed E-state index contributed by atoms with van der Waals surface area (Å²) in [4.78, 5) is -0.133. The van der Waals surface area contributed by atoms with Crippen LogP contribution in [-0.4, -0.2) is 49.7 Å². The molecular formula is C34H41F3N2O7S2. The van der Waals surface area contributed by atoms with Gasteiger partial charge in [0.05, 0.1) is 21.5 Å². The van der Waals surface area contributed by atoms with E-state index in [4.69, 9.17) is 14.8 Å². The van der Waals surface area contributed by atoms with Crippen molar-refractivity contribution in [3.63, 3.8) is 0 Å². The molecule has 0 bridgehead atoms. The molecule has 0 saturated heterocycles. The van der Waals surface area contributed by atoms with Crippen LogP contribution in [0, 0.1) is 13.8 Å². The van der Waals surface area contributed by atoms with E-state index >= 15 is 0 Å². The van der Waals surface area contributed by atoms with Gasteiger partial charge in [-0.15, -0.1) is 0 Å². The molecule has 0 aromatic heterocycles. The van der Waals surface area contributed by atoms with Crippen LogP contribution in [0.25, 0.3) is 0 Å². The lowest BCUT2D eigenvalue weighted by atomic mass is 9.92. The Morgan fingerprint density at radius 3 is 1.56 bits per heavy atom. The molecule has 0 fully saturated rings. The Kier molecular flexibility index (Phi) is 14.5. The molecule has 0 aliphatic rings. The van der Waals surface area contributed by atoms with Gasteiger partial charge in [-0.05, 0) is 81.6 Å². The molecule has 0 amide bonds. The Morgan fingerprint density at radius 1 is 0.708 bits per heavy atom. The number of hydrogen-bond donors (Lipinski definition) is 5. The highest BCUT2D eigenvalue weighted by molar-refractivity contribution is 7.86. The number of rotatable bonds is 9. The van der Waals surface area contributed by atoms with E-state index in [0.717, 1.165) is 28.8 Å². The van der Waals surface area contributed by atoms with Crippen molar-refractivity contribution in [2.45, 2.75) is 67.8 Å². The second-order valence-electron chi connectivity index (χ2n) is 11.6. The predicted octanol–water partition coefficient (Wildman–Crippen LogP) is 5.94. The number of benzene rings is 4. The maximum atomic E-state index is 12.9. The highest BCUT2D eigenvalue weighted by atomic mass is 32.2. The van der Waals surface area contributed by atoms with Gasteiger partial charge in [-0.25, -0.2) is 0 Å². The number of aryl methyl sites for hydroxylation is 2. The third-order valence-corrected chi connectivity index (χ3v) is 8.85. The largest absolute Gasteiger partial charge is 0.416 e. The molecule has 4 aromatic rings. The second kappa shape index (κ2) is 17.2. The topological polar surface area (TPSA) is 167 Å². The van der Waals surface area contributed by atoms with Crippen LogP contribution in [0.5, 0.6) is 0 Å². The number of hydrogen-bond acceptors (Lipinski definition) is 7. The van der Waals surface area contributed by atoms with E-state index in [0.29, 0.717) is 12.0 Å². The van der Waals surface area contributed by atoms with E-state index in [9.17, 15) is 35.1 Å². The third-order valence-electron chi connectivity index (χ3n) is 7.11. The molecule has 4 rings (SSSR count). The molecule has 0 radical (unpaired) electrons. The highest BCUT2D eigenvalue weighted by Gasteiger charge is 2.32. The van der Waals surface area contributed by atoms with Gasteiger partial charge in [-0.2, -0.15) is 30.0 Å². The summed E-state index contributed by atoms with van der Waals surface area (Å²) in [7, 11) is -8.04. The van der Waals surface area contributed by atoms with Gasteiger partial charge in [0.25, 0.3) is 20.2 Å². The quantitative estimate of drug-likeness (QED) is 0.132. The maximum absolute atomic E-state index is 12.9. The highest BCUT2D eigenvalue weighted by Crippen LogP contribution is 2.32. The number of nitrogens with two attached hydrogens (primary N) is 1. The Bertz CT molecular complexity index is 1730. The molecule has 2 atom stereocenters. The molecule has 4 aromatic carbocycles. The van der Waals surface area contributed by atoms with Crippen molar-refractivity contribution in [3.05, 3.63) is 131 Å². The minimum Gasteiger partial charge on any atom is -0.390 e. The SMILES string of the molecule is CC(C)(NC[C@@H](O)[C@@H](N)Cc1ccccc1)c1cccc(C(F)(F)F)c1.Cc1ccc(S(=O)(=O)O)cc1.Cc1ccc(S(=O)(=O)O)cc1. The molecule has 262 valence electrons. The normalized spacial score (nSPS) is 13.3. The zero-order valence-electron chi connectivity index (χ0n) is 26.9. The fraction of sp³-hybridized carbons (Fsp3) is 0.294. The summed E-state index contributed by atoms with van der Waals surface area (Å²) in [6.45, 7) is 7.41. The Morgan fingerprint density at radius 2 is 1.15 bits per heavy atom. The third kappa shape index (κ3) is 13.8. The molecule has 0 saturated carbocycles. The monoisotopic (exact) mass is 710 g/mol. The average Bonchev–Trinajstić information content (AvgIpc) is 3.00. The first kappa shape index (κ1) is 40.5. The van der Waals surface area contributed by atoms with Crippen LogP contribution in [0.1, 0.15) is 41.7 Å². The Balaban J connectivity index is 0.000000298. The average molecular weight is 711 g/mol. The first-order valence-electron chi connectivity index (χ1n) is 14.6. The van der Waals surface area contributed by atoms with Crippen LogP contribution in [0.4, 0.5) is 13.2 Å². The summed E-state index contributed by atoms with van der Waals surface area (Å²) in [6, 6.07) is 26.3. The van der Waals surface area contributed by atoms with Gasteiger partial charge in [-0.1, -0.05) is 77.9 Å². The summed E-state index contributed by atoms with van der Waals surface area (Å²) >= 11 is 0. The van der Waals surface area contributed by atoms with Gasteiger partial charge in [-0.3, -0.25) is 9.11 Å². The van der Waals surface area contributed by atoms with Crippen molar-refractivity contribution in [2.75, 3.05) is 6.54 Å². The fourth-order valence-corrected chi connectivity index (χ4v) is 5.10. The number of halogens is 3. The van der Waals surface area contributed by atoms with E-state index in [1.807, 2.05) is 44.2 Å². The minimum atomic E-state index is -4.39.